The number of nitrogens with one attached hydrogen (secondary N) is 1. The molecule has 2 N–H and O–H groups in total. The number of hydrogen-bond donors (Lipinski definition) is 2. The highest BCUT2D eigenvalue weighted by atomic mass is 16.3. The molecule has 1 fully saturated rings. The first-order chi connectivity index (χ1) is 10.6. The number of rotatable bonds is 7. The van der Waals surface area contributed by atoms with Crippen molar-refractivity contribution in [3.8, 4) is 0 Å². The number of allylic oxidation sites excluding steroid dienone is 1. The summed E-state index contributed by atoms with van der Waals surface area (Å²) >= 11 is 0. The number of likely N-dealkylation sites (N-methyl/N-ethyl adjacent to an activating group) is 1. The van der Waals surface area contributed by atoms with Crippen LogP contribution in [0.3, 0.4) is 0 Å². The van der Waals surface area contributed by atoms with Crippen LogP contribution < -0.4 is 5.32 Å². The zero-order valence-corrected chi connectivity index (χ0v) is 14.0. The monoisotopic (exact) mass is 308 g/mol. The minimum atomic E-state index is -0.183. The topological polar surface area (TPSA) is 52.6 Å². The van der Waals surface area contributed by atoms with Gasteiger partial charge in [0.2, 0.25) is 5.91 Å². The van der Waals surface area contributed by atoms with Gasteiger partial charge in [0, 0.05) is 13.1 Å². The first-order valence-electron chi connectivity index (χ1n) is 8.96. The van der Waals surface area contributed by atoms with Gasteiger partial charge in [-0.05, 0) is 57.9 Å². The SMILES string of the molecule is CN(CC(=O)NCCC1=CCCCC1)CC1CCCCC1O. The molecule has 0 aromatic rings. The smallest absolute Gasteiger partial charge is 0.234 e. The average molecular weight is 308 g/mol. The van der Waals surface area contributed by atoms with Gasteiger partial charge in [-0.15, -0.1) is 0 Å². The van der Waals surface area contributed by atoms with Crippen molar-refractivity contribution in [2.24, 2.45) is 5.92 Å². The molecule has 0 aromatic carbocycles. The molecule has 4 heteroatoms. The third-order valence-corrected chi connectivity index (χ3v) is 4.98. The Morgan fingerprint density at radius 3 is 2.86 bits per heavy atom. The Kier molecular flexibility index (Phi) is 7.40. The van der Waals surface area contributed by atoms with Crippen molar-refractivity contribution in [1.29, 1.82) is 0 Å². The largest absolute Gasteiger partial charge is 0.393 e. The molecule has 0 radical (unpaired) electrons. The van der Waals surface area contributed by atoms with Gasteiger partial charge in [-0.3, -0.25) is 9.69 Å². The Hall–Kier alpha value is -0.870. The molecule has 0 aliphatic heterocycles. The van der Waals surface area contributed by atoms with Gasteiger partial charge in [0.1, 0.15) is 0 Å². The van der Waals surface area contributed by atoms with E-state index >= 15 is 0 Å². The summed E-state index contributed by atoms with van der Waals surface area (Å²) < 4.78 is 0. The molecule has 2 atom stereocenters. The summed E-state index contributed by atoms with van der Waals surface area (Å²) in [6.07, 6.45) is 12.5. The molecule has 2 rings (SSSR count). The predicted octanol–water partition coefficient (Wildman–Crippen LogP) is 2.48. The van der Waals surface area contributed by atoms with Crippen LogP contribution in [0.25, 0.3) is 0 Å². The second kappa shape index (κ2) is 9.31. The van der Waals surface area contributed by atoms with E-state index in [0.717, 1.165) is 38.8 Å². The van der Waals surface area contributed by atoms with E-state index in [1.807, 2.05) is 7.05 Å². The van der Waals surface area contributed by atoms with E-state index in [2.05, 4.69) is 16.3 Å². The van der Waals surface area contributed by atoms with Gasteiger partial charge in [-0.1, -0.05) is 24.5 Å². The van der Waals surface area contributed by atoms with Crippen LogP contribution in [0.1, 0.15) is 57.8 Å². The highest BCUT2D eigenvalue weighted by Crippen LogP contribution is 2.24. The number of hydrogen-bond acceptors (Lipinski definition) is 3. The van der Waals surface area contributed by atoms with Gasteiger partial charge >= 0.3 is 0 Å². The van der Waals surface area contributed by atoms with Crippen molar-refractivity contribution in [3.05, 3.63) is 11.6 Å². The Morgan fingerprint density at radius 2 is 2.14 bits per heavy atom. The maximum absolute atomic E-state index is 12.0. The first kappa shape index (κ1) is 17.5. The van der Waals surface area contributed by atoms with Crippen LogP contribution in [0, 0.1) is 5.92 Å². The van der Waals surface area contributed by atoms with Gasteiger partial charge in [0.05, 0.1) is 12.6 Å². The van der Waals surface area contributed by atoms with E-state index < -0.39 is 0 Å². The molecule has 2 aliphatic carbocycles. The number of carbonyl (C=O) groups is 1. The predicted molar refractivity (Wildman–Crippen MR) is 89.6 cm³/mol. The third-order valence-electron chi connectivity index (χ3n) is 4.98. The lowest BCUT2D eigenvalue weighted by atomic mass is 9.86. The molecule has 0 saturated heterocycles. The molecular formula is C18H32N2O2. The Labute approximate surface area is 135 Å². The van der Waals surface area contributed by atoms with Crippen LogP contribution >= 0.6 is 0 Å². The molecule has 0 spiro atoms. The quantitative estimate of drug-likeness (QED) is 0.710. The Balaban J connectivity index is 1.60. The third kappa shape index (κ3) is 6.09. The normalized spacial score (nSPS) is 25.9. The summed E-state index contributed by atoms with van der Waals surface area (Å²) in [7, 11) is 1.98. The van der Waals surface area contributed by atoms with Gasteiger partial charge in [0.15, 0.2) is 0 Å². The van der Waals surface area contributed by atoms with Crippen LogP contribution in [-0.4, -0.2) is 48.7 Å². The van der Waals surface area contributed by atoms with E-state index in [-0.39, 0.29) is 12.0 Å². The number of carbonyl (C=O) groups excluding carboxylic acids is 1. The number of nitrogens with zero attached hydrogens (tertiary/aromatic N) is 1. The minimum Gasteiger partial charge on any atom is -0.393 e. The van der Waals surface area contributed by atoms with Crippen LogP contribution in [0.2, 0.25) is 0 Å². The maximum atomic E-state index is 12.0. The molecule has 0 aromatic heterocycles. The van der Waals surface area contributed by atoms with Gasteiger partial charge in [-0.25, -0.2) is 0 Å². The van der Waals surface area contributed by atoms with Crippen molar-refractivity contribution < 1.29 is 9.90 Å². The molecule has 126 valence electrons. The van der Waals surface area contributed by atoms with Crippen LogP contribution in [0.5, 0.6) is 0 Å². The Bertz CT molecular complexity index is 381. The van der Waals surface area contributed by atoms with Crippen molar-refractivity contribution in [3.63, 3.8) is 0 Å². The fourth-order valence-electron chi connectivity index (χ4n) is 3.66. The molecule has 1 saturated carbocycles. The van der Waals surface area contributed by atoms with E-state index in [4.69, 9.17) is 0 Å². The average Bonchev–Trinajstić information content (AvgIpc) is 2.50. The molecule has 2 unspecified atom stereocenters. The van der Waals surface area contributed by atoms with E-state index in [0.29, 0.717) is 12.5 Å². The van der Waals surface area contributed by atoms with E-state index in [1.54, 1.807) is 0 Å². The fourth-order valence-corrected chi connectivity index (χ4v) is 3.66. The fraction of sp³-hybridized carbons (Fsp3) is 0.833. The van der Waals surface area contributed by atoms with Gasteiger partial charge in [0.25, 0.3) is 0 Å². The molecule has 2 aliphatic rings. The maximum Gasteiger partial charge on any atom is 0.234 e. The van der Waals surface area contributed by atoms with Gasteiger partial charge in [-0.2, -0.15) is 0 Å². The number of aliphatic hydroxyl groups excluding tert-OH is 1. The zero-order chi connectivity index (χ0) is 15.8. The molecule has 0 heterocycles. The van der Waals surface area contributed by atoms with E-state index in [1.165, 1.54) is 37.7 Å². The number of amides is 1. The van der Waals surface area contributed by atoms with Crippen LogP contribution in [0.15, 0.2) is 11.6 Å². The summed E-state index contributed by atoms with van der Waals surface area (Å²) in [5.74, 6) is 0.433. The van der Waals surface area contributed by atoms with Crippen molar-refractivity contribution in [2.75, 3.05) is 26.7 Å². The van der Waals surface area contributed by atoms with Crippen LogP contribution in [0.4, 0.5) is 0 Å². The Morgan fingerprint density at radius 1 is 1.32 bits per heavy atom. The molecule has 1 amide bonds. The van der Waals surface area contributed by atoms with Gasteiger partial charge < -0.3 is 10.4 Å². The van der Waals surface area contributed by atoms with E-state index in [9.17, 15) is 9.90 Å². The summed E-state index contributed by atoms with van der Waals surface area (Å²) in [5, 5.41) is 13.0. The highest BCUT2D eigenvalue weighted by Gasteiger charge is 2.24. The standard InChI is InChI=1S/C18H32N2O2/c1-20(13-16-9-5-6-10-17(16)21)14-18(22)19-12-11-15-7-3-2-4-8-15/h7,16-17,21H,2-6,8-14H2,1H3,(H,19,22). The lowest BCUT2D eigenvalue weighted by Crippen LogP contribution is -2.40. The molecule has 0 bridgehead atoms. The second-order valence-corrected chi connectivity index (χ2v) is 7.02. The van der Waals surface area contributed by atoms with Crippen molar-refractivity contribution in [1.82, 2.24) is 10.2 Å². The zero-order valence-electron chi connectivity index (χ0n) is 14.0. The van der Waals surface area contributed by atoms with Crippen LogP contribution in [-0.2, 0) is 4.79 Å². The minimum absolute atomic E-state index is 0.101. The summed E-state index contributed by atoms with van der Waals surface area (Å²) in [4.78, 5) is 14.0. The lowest BCUT2D eigenvalue weighted by molar-refractivity contribution is -0.122. The molecule has 4 nitrogen and oxygen atoms in total. The van der Waals surface area contributed by atoms with Crippen molar-refractivity contribution in [2.45, 2.75) is 63.9 Å². The molecule has 22 heavy (non-hydrogen) atoms. The highest BCUT2D eigenvalue weighted by molar-refractivity contribution is 5.77. The number of aliphatic hydroxyl groups is 1. The molecular weight excluding hydrogens is 276 g/mol. The second-order valence-electron chi connectivity index (χ2n) is 7.02. The summed E-state index contributed by atoms with van der Waals surface area (Å²) in [6, 6.07) is 0. The summed E-state index contributed by atoms with van der Waals surface area (Å²) in [5.41, 5.74) is 1.50. The summed E-state index contributed by atoms with van der Waals surface area (Å²) in [6.45, 7) is 2.01. The lowest BCUT2D eigenvalue weighted by Gasteiger charge is -2.30. The van der Waals surface area contributed by atoms with Crippen molar-refractivity contribution >= 4 is 5.91 Å². The first-order valence-corrected chi connectivity index (χ1v) is 8.96.